The fraction of sp³-hybridized carbons (Fsp3) is 0.800. The molecular weight excluding hydrogens is 290 g/mol. The van der Waals surface area contributed by atoms with E-state index in [9.17, 15) is 29.7 Å². The van der Waals surface area contributed by atoms with E-state index in [4.69, 9.17) is 0 Å². The molecule has 3 atom stereocenters. The Morgan fingerprint density at radius 3 is 0.955 bits per heavy atom. The van der Waals surface area contributed by atoms with Gasteiger partial charge in [0.2, 0.25) is 0 Å². The lowest BCUT2D eigenvalue weighted by molar-refractivity contribution is -0.187. The number of hydrogen-bond donors (Lipinski definition) is 3. The van der Waals surface area contributed by atoms with Crippen molar-refractivity contribution < 1.29 is 29.7 Å². The van der Waals surface area contributed by atoms with Crippen molar-refractivity contribution in [1.29, 1.82) is 0 Å². The molecule has 0 spiro atoms. The number of rotatable bonds is 9. The molecule has 0 aliphatic carbocycles. The normalized spacial score (nSPS) is 19.8. The lowest BCUT2D eigenvalue weighted by Gasteiger charge is -2.54. The molecular formula is C15H27NO6. The second-order valence-corrected chi connectivity index (χ2v) is 6.13. The Morgan fingerprint density at radius 2 is 0.864 bits per heavy atom. The van der Waals surface area contributed by atoms with Gasteiger partial charge in [-0.15, -0.1) is 0 Å². The maximum atomic E-state index is 11.8. The third-order valence-electron chi connectivity index (χ3n) is 4.93. The minimum Gasteiger partial charge on any atom is -0.480 e. The number of carbonyl (C=O) groups is 3. The molecule has 22 heavy (non-hydrogen) atoms. The molecule has 0 fully saturated rings. The van der Waals surface area contributed by atoms with Crippen LogP contribution in [0.1, 0.15) is 60.8 Å². The number of hydrogen-bond acceptors (Lipinski definition) is 4. The maximum Gasteiger partial charge on any atom is 0.323 e. The Morgan fingerprint density at radius 1 is 0.682 bits per heavy atom. The van der Waals surface area contributed by atoms with Gasteiger partial charge in [0.1, 0.15) is 16.6 Å². The summed E-state index contributed by atoms with van der Waals surface area (Å²) in [6.45, 7) is 8.96. The number of carboxylic acid groups (broad SMARTS) is 3. The van der Waals surface area contributed by atoms with Crippen LogP contribution >= 0.6 is 0 Å². The van der Waals surface area contributed by atoms with E-state index in [-0.39, 0.29) is 19.3 Å². The monoisotopic (exact) mass is 317 g/mol. The maximum absolute atomic E-state index is 11.8. The van der Waals surface area contributed by atoms with E-state index in [1.807, 2.05) is 0 Å². The largest absolute Gasteiger partial charge is 0.480 e. The lowest BCUT2D eigenvalue weighted by atomic mass is 9.79. The molecule has 0 radical (unpaired) electrons. The fourth-order valence-corrected chi connectivity index (χ4v) is 2.85. The van der Waals surface area contributed by atoms with Crippen molar-refractivity contribution in [2.75, 3.05) is 0 Å². The summed E-state index contributed by atoms with van der Waals surface area (Å²) in [6, 6.07) is 0. The standard InChI is InChI=1S/C15H27NO6/c1-7-13(4,10(17)18)16(14(5,8-2)11(19)20)15(6,9-3)12(21)22/h7-9H2,1-6H3,(H,17,18)(H,19,20)(H,21,22). The molecule has 0 saturated carbocycles. The van der Waals surface area contributed by atoms with Crippen LogP contribution in [0.4, 0.5) is 0 Å². The zero-order valence-corrected chi connectivity index (χ0v) is 14.1. The van der Waals surface area contributed by atoms with Crippen molar-refractivity contribution in [3.8, 4) is 0 Å². The predicted octanol–water partition coefficient (Wildman–Crippen LogP) is 2.05. The molecule has 7 heteroatoms. The smallest absolute Gasteiger partial charge is 0.323 e. The van der Waals surface area contributed by atoms with Gasteiger partial charge in [-0.1, -0.05) is 20.8 Å². The van der Waals surface area contributed by atoms with Crippen LogP contribution in [0.15, 0.2) is 0 Å². The summed E-state index contributed by atoms with van der Waals surface area (Å²) in [5.74, 6) is -3.72. The first-order chi connectivity index (χ1) is 9.88. The molecule has 3 unspecified atom stereocenters. The predicted molar refractivity (Wildman–Crippen MR) is 80.8 cm³/mol. The van der Waals surface area contributed by atoms with Crippen LogP contribution in [0.3, 0.4) is 0 Å². The average Bonchev–Trinajstić information content (AvgIpc) is 2.45. The quantitative estimate of drug-likeness (QED) is 0.596. The average molecular weight is 317 g/mol. The van der Waals surface area contributed by atoms with Crippen molar-refractivity contribution in [2.24, 2.45) is 0 Å². The Hall–Kier alpha value is -1.63. The molecule has 0 bridgehead atoms. The third kappa shape index (κ3) is 2.95. The highest BCUT2D eigenvalue weighted by Gasteiger charge is 2.59. The van der Waals surface area contributed by atoms with Crippen LogP contribution in [-0.4, -0.2) is 54.7 Å². The van der Waals surface area contributed by atoms with E-state index in [0.29, 0.717) is 0 Å². The van der Waals surface area contributed by atoms with Crippen LogP contribution in [0.25, 0.3) is 0 Å². The van der Waals surface area contributed by atoms with E-state index in [1.54, 1.807) is 20.8 Å². The van der Waals surface area contributed by atoms with Crippen molar-refractivity contribution in [3.63, 3.8) is 0 Å². The van der Waals surface area contributed by atoms with Gasteiger partial charge in [-0.2, -0.15) is 0 Å². The molecule has 0 aliphatic heterocycles. The molecule has 0 saturated heterocycles. The SMILES string of the molecule is CCC(C)(C(=O)O)N(C(C)(CC)C(=O)O)C(C)(CC)C(=O)O. The molecule has 0 aliphatic rings. The van der Waals surface area contributed by atoms with Crippen molar-refractivity contribution in [3.05, 3.63) is 0 Å². The van der Waals surface area contributed by atoms with Gasteiger partial charge in [-0.05, 0) is 40.0 Å². The van der Waals surface area contributed by atoms with E-state index in [1.165, 1.54) is 20.8 Å². The van der Waals surface area contributed by atoms with Gasteiger partial charge < -0.3 is 15.3 Å². The van der Waals surface area contributed by atoms with E-state index < -0.39 is 34.5 Å². The highest BCUT2D eigenvalue weighted by molar-refractivity contribution is 5.87. The summed E-state index contributed by atoms with van der Waals surface area (Å²) in [5, 5.41) is 29.0. The van der Waals surface area contributed by atoms with Crippen molar-refractivity contribution in [1.82, 2.24) is 4.90 Å². The molecule has 128 valence electrons. The van der Waals surface area contributed by atoms with E-state index in [0.717, 1.165) is 4.90 Å². The highest BCUT2D eigenvalue weighted by atomic mass is 16.4. The molecule has 0 aromatic rings. The Balaban J connectivity index is 6.65. The Labute approximate surface area is 130 Å². The van der Waals surface area contributed by atoms with Crippen LogP contribution in [0, 0.1) is 0 Å². The first-order valence-corrected chi connectivity index (χ1v) is 7.39. The van der Waals surface area contributed by atoms with E-state index in [2.05, 4.69) is 0 Å². The highest BCUT2D eigenvalue weighted by Crippen LogP contribution is 2.40. The summed E-state index contributed by atoms with van der Waals surface area (Å²) >= 11 is 0. The summed E-state index contributed by atoms with van der Waals surface area (Å²) in [7, 11) is 0. The first kappa shape index (κ1) is 20.4. The zero-order chi connectivity index (χ0) is 17.9. The molecule has 0 heterocycles. The topological polar surface area (TPSA) is 115 Å². The minimum absolute atomic E-state index is 0.0775. The van der Waals surface area contributed by atoms with Gasteiger partial charge in [-0.3, -0.25) is 19.3 Å². The summed E-state index contributed by atoms with van der Waals surface area (Å²) in [6.07, 6.45) is 0.232. The fourth-order valence-electron chi connectivity index (χ4n) is 2.85. The number of nitrogens with zero attached hydrogens (tertiary/aromatic N) is 1. The molecule has 0 aromatic carbocycles. The molecule has 0 rings (SSSR count). The number of carboxylic acids is 3. The molecule has 7 nitrogen and oxygen atoms in total. The Bertz CT molecular complexity index is 398. The lowest BCUT2D eigenvalue weighted by Crippen LogP contribution is -2.73. The van der Waals surface area contributed by atoms with Crippen LogP contribution in [-0.2, 0) is 14.4 Å². The minimum atomic E-state index is -1.62. The van der Waals surface area contributed by atoms with Crippen LogP contribution < -0.4 is 0 Å². The Kier molecular flexibility index (Phi) is 6.15. The number of aliphatic carboxylic acids is 3. The van der Waals surface area contributed by atoms with Gasteiger partial charge in [0.25, 0.3) is 0 Å². The summed E-state index contributed by atoms with van der Waals surface area (Å²) in [4.78, 5) is 36.7. The first-order valence-electron chi connectivity index (χ1n) is 7.39. The van der Waals surface area contributed by atoms with Gasteiger partial charge in [0.15, 0.2) is 0 Å². The zero-order valence-electron chi connectivity index (χ0n) is 14.1. The van der Waals surface area contributed by atoms with Gasteiger partial charge in [0.05, 0.1) is 0 Å². The van der Waals surface area contributed by atoms with Crippen molar-refractivity contribution in [2.45, 2.75) is 77.4 Å². The van der Waals surface area contributed by atoms with Gasteiger partial charge in [0, 0.05) is 0 Å². The molecule has 0 aromatic heterocycles. The summed E-state index contributed by atoms with van der Waals surface area (Å²) in [5.41, 5.74) is -4.86. The second-order valence-electron chi connectivity index (χ2n) is 6.13. The van der Waals surface area contributed by atoms with Gasteiger partial charge >= 0.3 is 17.9 Å². The van der Waals surface area contributed by atoms with Crippen molar-refractivity contribution >= 4 is 17.9 Å². The summed E-state index contributed by atoms with van der Waals surface area (Å²) < 4.78 is 0. The van der Waals surface area contributed by atoms with E-state index >= 15 is 0 Å². The molecule has 0 amide bonds. The molecule has 3 N–H and O–H groups in total. The van der Waals surface area contributed by atoms with Crippen LogP contribution in [0.2, 0.25) is 0 Å². The third-order valence-corrected chi connectivity index (χ3v) is 4.93. The second kappa shape index (κ2) is 6.64. The van der Waals surface area contributed by atoms with Crippen LogP contribution in [0.5, 0.6) is 0 Å². The van der Waals surface area contributed by atoms with Gasteiger partial charge in [-0.25, -0.2) is 0 Å².